The van der Waals surface area contributed by atoms with Gasteiger partial charge in [-0.1, -0.05) is 0 Å². The number of aromatic nitrogens is 2. The molecule has 2 heterocycles. The third kappa shape index (κ3) is 5.47. The van der Waals surface area contributed by atoms with Gasteiger partial charge in [0.25, 0.3) is 5.91 Å². The zero-order valence-electron chi connectivity index (χ0n) is 15.3. The average molecular weight is 361 g/mol. The van der Waals surface area contributed by atoms with Gasteiger partial charge in [0.2, 0.25) is 5.91 Å². The molecule has 0 unspecified atom stereocenters. The fourth-order valence-corrected chi connectivity index (χ4v) is 2.97. The van der Waals surface area contributed by atoms with Crippen LogP contribution in [0.15, 0.2) is 12.4 Å². The first-order valence-corrected chi connectivity index (χ1v) is 9.30. The first-order chi connectivity index (χ1) is 12.6. The number of hydrogen-bond donors (Lipinski definition) is 1. The number of aryl methyl sites for hydroxylation is 1. The molecule has 142 valence electrons. The van der Waals surface area contributed by atoms with Crippen LogP contribution in [0.1, 0.15) is 35.4 Å². The number of ether oxygens (including phenoxy) is 1. The quantitative estimate of drug-likeness (QED) is 0.713. The first kappa shape index (κ1) is 18.7. The molecule has 26 heavy (non-hydrogen) atoms. The van der Waals surface area contributed by atoms with Crippen molar-refractivity contribution in [2.45, 2.75) is 32.2 Å². The predicted octanol–water partition coefficient (Wildman–Crippen LogP) is 0.228. The fourth-order valence-electron chi connectivity index (χ4n) is 2.97. The summed E-state index contributed by atoms with van der Waals surface area (Å²) in [5.41, 5.74) is 1.12. The Labute approximate surface area is 153 Å². The molecular weight excluding hydrogens is 334 g/mol. The van der Waals surface area contributed by atoms with Crippen molar-refractivity contribution in [3.05, 3.63) is 23.8 Å². The van der Waals surface area contributed by atoms with Crippen molar-refractivity contribution in [2.24, 2.45) is 0 Å². The summed E-state index contributed by atoms with van der Waals surface area (Å²) >= 11 is 0. The maximum Gasteiger partial charge on any atom is 0.274 e. The average Bonchev–Trinajstić information content (AvgIpc) is 3.48. The number of nitrogens with one attached hydrogen (secondary N) is 1. The smallest absolute Gasteiger partial charge is 0.274 e. The minimum atomic E-state index is -0.138. The number of hydrogen-bond acceptors (Lipinski definition) is 6. The summed E-state index contributed by atoms with van der Waals surface area (Å²) in [6, 6.07) is 0.228. The van der Waals surface area contributed by atoms with Crippen LogP contribution in [-0.2, 0) is 9.53 Å². The predicted molar refractivity (Wildman–Crippen MR) is 95.7 cm³/mol. The maximum absolute atomic E-state index is 12.6. The summed E-state index contributed by atoms with van der Waals surface area (Å²) in [6.07, 6.45) is 5.39. The van der Waals surface area contributed by atoms with Crippen molar-refractivity contribution in [3.8, 4) is 0 Å². The summed E-state index contributed by atoms with van der Waals surface area (Å²) in [5.74, 6) is -0.159. The van der Waals surface area contributed by atoms with Crippen LogP contribution in [0.4, 0.5) is 0 Å². The molecule has 1 saturated carbocycles. The summed E-state index contributed by atoms with van der Waals surface area (Å²) in [6.45, 7) is 7.06. The molecule has 1 saturated heterocycles. The van der Waals surface area contributed by atoms with Gasteiger partial charge in [0, 0.05) is 51.4 Å². The van der Waals surface area contributed by atoms with E-state index in [1.165, 1.54) is 6.20 Å². The van der Waals surface area contributed by atoms with Crippen LogP contribution < -0.4 is 5.32 Å². The van der Waals surface area contributed by atoms with Gasteiger partial charge in [-0.05, 0) is 19.8 Å². The van der Waals surface area contributed by atoms with Crippen LogP contribution >= 0.6 is 0 Å². The van der Waals surface area contributed by atoms with Crippen LogP contribution in [0.2, 0.25) is 0 Å². The van der Waals surface area contributed by atoms with E-state index in [1.807, 2.05) is 6.92 Å². The highest BCUT2D eigenvalue weighted by atomic mass is 16.5. The van der Waals surface area contributed by atoms with Gasteiger partial charge in [0.05, 0.1) is 25.1 Å². The van der Waals surface area contributed by atoms with Crippen molar-refractivity contribution < 1.29 is 14.3 Å². The van der Waals surface area contributed by atoms with E-state index < -0.39 is 0 Å². The van der Waals surface area contributed by atoms with Crippen LogP contribution in [0, 0.1) is 6.92 Å². The maximum atomic E-state index is 12.6. The first-order valence-electron chi connectivity index (χ1n) is 9.30. The number of amides is 2. The zero-order chi connectivity index (χ0) is 18.4. The Kier molecular flexibility index (Phi) is 6.51. The zero-order valence-corrected chi connectivity index (χ0v) is 15.3. The van der Waals surface area contributed by atoms with Crippen molar-refractivity contribution in [2.75, 3.05) is 45.9 Å². The minimum absolute atomic E-state index is 0.0216. The Balaban J connectivity index is 1.42. The third-order valence-electron chi connectivity index (χ3n) is 4.68. The topological polar surface area (TPSA) is 87.7 Å². The number of morpholine rings is 1. The lowest BCUT2D eigenvalue weighted by atomic mass is 10.3. The summed E-state index contributed by atoms with van der Waals surface area (Å²) in [4.78, 5) is 37.1. The molecule has 0 atom stereocenters. The third-order valence-corrected chi connectivity index (χ3v) is 4.68. The molecular formula is C18H27N5O3. The molecule has 0 bridgehead atoms. The van der Waals surface area contributed by atoms with Crippen LogP contribution in [-0.4, -0.2) is 83.6 Å². The summed E-state index contributed by atoms with van der Waals surface area (Å²) in [7, 11) is 0. The van der Waals surface area contributed by atoms with Crippen molar-refractivity contribution >= 4 is 11.8 Å². The van der Waals surface area contributed by atoms with Crippen LogP contribution in [0.5, 0.6) is 0 Å². The van der Waals surface area contributed by atoms with Gasteiger partial charge in [-0.15, -0.1) is 0 Å². The van der Waals surface area contributed by atoms with Gasteiger partial charge in [0.15, 0.2) is 0 Å². The SMILES string of the molecule is Cc1cnc(C(=O)N(CCC(=O)NCCN2CCOCC2)C2CC2)cn1. The second-order valence-electron chi connectivity index (χ2n) is 6.83. The van der Waals surface area contributed by atoms with E-state index in [0.29, 0.717) is 25.2 Å². The largest absolute Gasteiger partial charge is 0.379 e. The van der Waals surface area contributed by atoms with E-state index in [1.54, 1.807) is 11.1 Å². The fraction of sp³-hybridized carbons (Fsp3) is 0.667. The summed E-state index contributed by atoms with van der Waals surface area (Å²) in [5, 5.41) is 2.94. The molecule has 0 spiro atoms. The lowest BCUT2D eigenvalue weighted by molar-refractivity contribution is -0.121. The van der Waals surface area contributed by atoms with E-state index >= 15 is 0 Å². The Morgan fingerprint density at radius 1 is 1.27 bits per heavy atom. The second kappa shape index (κ2) is 9.05. The molecule has 1 aliphatic carbocycles. The Bertz CT molecular complexity index is 612. The van der Waals surface area contributed by atoms with Crippen molar-refractivity contribution in [1.82, 2.24) is 25.1 Å². The van der Waals surface area contributed by atoms with Crippen molar-refractivity contribution in [1.29, 1.82) is 0 Å². The highest BCUT2D eigenvalue weighted by molar-refractivity contribution is 5.92. The molecule has 8 heteroatoms. The number of nitrogens with zero attached hydrogens (tertiary/aromatic N) is 4. The Morgan fingerprint density at radius 3 is 2.69 bits per heavy atom. The van der Waals surface area contributed by atoms with E-state index in [4.69, 9.17) is 4.74 Å². The lowest BCUT2D eigenvalue weighted by Gasteiger charge is -2.26. The normalized spacial score (nSPS) is 17.7. The molecule has 1 aromatic heterocycles. The number of carbonyl (C=O) groups is 2. The van der Waals surface area contributed by atoms with E-state index in [0.717, 1.165) is 51.4 Å². The van der Waals surface area contributed by atoms with Gasteiger partial charge in [-0.2, -0.15) is 0 Å². The molecule has 2 amide bonds. The van der Waals surface area contributed by atoms with Gasteiger partial charge in [0.1, 0.15) is 5.69 Å². The van der Waals surface area contributed by atoms with E-state index in [9.17, 15) is 9.59 Å². The molecule has 1 N–H and O–H groups in total. The van der Waals surface area contributed by atoms with Gasteiger partial charge in [-0.3, -0.25) is 19.5 Å². The Morgan fingerprint density at radius 2 is 2.04 bits per heavy atom. The molecule has 2 aliphatic rings. The number of rotatable bonds is 8. The van der Waals surface area contributed by atoms with Crippen LogP contribution in [0.25, 0.3) is 0 Å². The lowest BCUT2D eigenvalue weighted by Crippen LogP contribution is -2.42. The monoisotopic (exact) mass is 361 g/mol. The van der Waals surface area contributed by atoms with Gasteiger partial charge in [-0.25, -0.2) is 4.98 Å². The molecule has 8 nitrogen and oxygen atoms in total. The standard InChI is InChI=1S/C18H27N5O3/c1-14-12-21-16(13-20-14)18(25)23(15-2-3-15)6-4-17(24)19-5-7-22-8-10-26-11-9-22/h12-13,15H,2-11H2,1H3,(H,19,24). The molecule has 0 radical (unpaired) electrons. The van der Waals surface area contributed by atoms with Gasteiger partial charge < -0.3 is 15.0 Å². The molecule has 0 aromatic carbocycles. The minimum Gasteiger partial charge on any atom is -0.379 e. The molecule has 1 aliphatic heterocycles. The molecule has 1 aromatic rings. The highest BCUT2D eigenvalue weighted by Crippen LogP contribution is 2.28. The van der Waals surface area contributed by atoms with E-state index in [-0.39, 0.29) is 17.9 Å². The van der Waals surface area contributed by atoms with Crippen LogP contribution in [0.3, 0.4) is 0 Å². The Hall–Kier alpha value is -2.06. The second-order valence-corrected chi connectivity index (χ2v) is 6.83. The highest BCUT2D eigenvalue weighted by Gasteiger charge is 2.33. The van der Waals surface area contributed by atoms with Crippen molar-refractivity contribution in [3.63, 3.8) is 0 Å². The summed E-state index contributed by atoms with van der Waals surface area (Å²) < 4.78 is 5.31. The number of carbonyl (C=O) groups excluding carboxylic acids is 2. The molecule has 3 rings (SSSR count). The van der Waals surface area contributed by atoms with Gasteiger partial charge >= 0.3 is 0 Å². The molecule has 2 fully saturated rings. The van der Waals surface area contributed by atoms with E-state index in [2.05, 4.69) is 20.2 Å².